The van der Waals surface area contributed by atoms with Crippen LogP contribution in [0.3, 0.4) is 0 Å². The molecule has 0 aromatic carbocycles. The SMILES string of the molecule is COP(=O)([O-])C(O)P(=O)([O-])[O-].COP(=O)([O-])C(O)P(=O)([O-])[O-].[W]. The van der Waals surface area contributed by atoms with Crippen LogP contribution in [-0.2, 0) is 48.4 Å². The van der Waals surface area contributed by atoms with Crippen LogP contribution in [-0.4, -0.2) is 35.6 Å². The average Bonchev–Trinajstić information content (AvgIpc) is 2.35. The fourth-order valence-electron chi connectivity index (χ4n) is 0.535. The van der Waals surface area contributed by atoms with E-state index >= 15 is 0 Å². The Hall–Kier alpha value is 1.21. The third-order valence-electron chi connectivity index (χ3n) is 1.64. The molecule has 0 fully saturated rings. The maximum Gasteiger partial charge on any atom is 0.168 e. The first-order valence-corrected chi connectivity index (χ1v) is 11.0. The standard InChI is InChI=1S/2C2H8O7P2.W/c2*1-9-11(7,8)2(3)10(4,5)6;/h2*2-3H,1H3,(H,7,8)(H2,4,5,6);/p-6. The topological polar surface area (TPSA) is 266 Å². The van der Waals surface area contributed by atoms with Crippen molar-refractivity contribution in [1.29, 1.82) is 0 Å². The van der Waals surface area contributed by atoms with Crippen LogP contribution in [0.5, 0.6) is 0 Å². The fourth-order valence-corrected chi connectivity index (χ4v) is 4.25. The van der Waals surface area contributed by atoms with Crippen molar-refractivity contribution in [1.82, 2.24) is 0 Å². The molecule has 0 aromatic heterocycles. The van der Waals surface area contributed by atoms with Crippen LogP contribution in [0.4, 0.5) is 0 Å². The normalized spacial score (nSPS) is 19.9. The molecule has 0 aliphatic carbocycles. The molecular weight excluding hydrogens is 580 g/mol. The molecule has 23 heavy (non-hydrogen) atoms. The monoisotopic (exact) mass is 590 g/mol. The minimum Gasteiger partial charge on any atom is -0.809 e. The second-order valence-electron chi connectivity index (χ2n) is 3.22. The van der Waals surface area contributed by atoms with Crippen molar-refractivity contribution in [2.24, 2.45) is 0 Å². The summed E-state index contributed by atoms with van der Waals surface area (Å²) in [5.41, 5.74) is -6.00. The van der Waals surface area contributed by atoms with E-state index in [4.69, 9.17) is 10.2 Å². The largest absolute Gasteiger partial charge is 0.809 e. The van der Waals surface area contributed by atoms with E-state index in [1.807, 2.05) is 0 Å². The summed E-state index contributed by atoms with van der Waals surface area (Å²) in [6.45, 7) is 0. The van der Waals surface area contributed by atoms with Gasteiger partial charge in [0.1, 0.15) is 11.2 Å². The van der Waals surface area contributed by atoms with Crippen molar-refractivity contribution in [3.63, 3.8) is 0 Å². The quantitative estimate of drug-likeness (QED) is 0.274. The summed E-state index contributed by atoms with van der Waals surface area (Å²) in [4.78, 5) is 60.3. The summed E-state index contributed by atoms with van der Waals surface area (Å²) in [6.07, 6.45) is 0. The zero-order chi connectivity index (χ0) is 18.6. The second kappa shape index (κ2) is 10.4. The number of hydrogen-bond donors (Lipinski definition) is 2. The van der Waals surface area contributed by atoms with Gasteiger partial charge in [0.2, 0.25) is 0 Å². The molecular formula is C4H10O14P4W-6. The first kappa shape index (κ1) is 29.0. The van der Waals surface area contributed by atoms with Crippen molar-refractivity contribution in [2.45, 2.75) is 11.2 Å². The van der Waals surface area contributed by atoms with Gasteiger partial charge in [-0.25, -0.2) is 0 Å². The van der Waals surface area contributed by atoms with Crippen LogP contribution >= 0.6 is 30.4 Å². The predicted molar refractivity (Wildman–Crippen MR) is 56.5 cm³/mol. The minimum absolute atomic E-state index is 0. The van der Waals surface area contributed by atoms with E-state index in [0.717, 1.165) is 0 Å². The third kappa shape index (κ3) is 10.7. The van der Waals surface area contributed by atoms with E-state index in [9.17, 15) is 47.6 Å². The van der Waals surface area contributed by atoms with E-state index in [-0.39, 0.29) is 21.1 Å². The molecule has 4 unspecified atom stereocenters. The van der Waals surface area contributed by atoms with Gasteiger partial charge in [0, 0.05) is 35.3 Å². The van der Waals surface area contributed by atoms with E-state index in [1.165, 1.54) is 0 Å². The van der Waals surface area contributed by atoms with Crippen molar-refractivity contribution in [2.75, 3.05) is 14.2 Å². The molecule has 0 amide bonds. The van der Waals surface area contributed by atoms with E-state index < -0.39 is 41.6 Å². The van der Waals surface area contributed by atoms with Gasteiger partial charge in [-0.1, -0.05) is 0 Å². The molecule has 0 radical (unpaired) electrons. The molecule has 0 heterocycles. The smallest absolute Gasteiger partial charge is 0.168 e. The van der Waals surface area contributed by atoms with E-state index in [2.05, 4.69) is 9.05 Å². The van der Waals surface area contributed by atoms with Crippen molar-refractivity contribution >= 4 is 30.4 Å². The van der Waals surface area contributed by atoms with Crippen LogP contribution < -0.4 is 29.4 Å². The van der Waals surface area contributed by atoms with Gasteiger partial charge in [-0.3, -0.25) is 0 Å². The fraction of sp³-hybridized carbons (Fsp3) is 1.00. The molecule has 19 heteroatoms. The molecule has 0 bridgehead atoms. The first-order chi connectivity index (χ1) is 9.43. The Morgan fingerprint density at radius 3 is 0.913 bits per heavy atom. The Morgan fingerprint density at radius 2 is 0.870 bits per heavy atom. The summed E-state index contributed by atoms with van der Waals surface area (Å²) in [5, 5.41) is 16.6. The molecule has 0 aliphatic rings. The minimum atomic E-state index is -5.54. The number of aliphatic hydroxyl groups excluding tert-OH is 2. The molecule has 142 valence electrons. The van der Waals surface area contributed by atoms with E-state index in [1.54, 1.807) is 0 Å². The molecule has 0 rings (SSSR count). The molecule has 4 atom stereocenters. The number of rotatable bonds is 6. The molecule has 0 spiro atoms. The van der Waals surface area contributed by atoms with Gasteiger partial charge in [-0.15, -0.1) is 0 Å². The summed E-state index contributed by atoms with van der Waals surface area (Å²) < 4.78 is 47.7. The van der Waals surface area contributed by atoms with Crippen LogP contribution in [0.1, 0.15) is 0 Å². The van der Waals surface area contributed by atoms with Crippen molar-refractivity contribution < 1.29 is 87.9 Å². The molecule has 0 saturated heterocycles. The predicted octanol–water partition coefficient (Wildman–Crippen LogP) is -5.25. The van der Waals surface area contributed by atoms with Crippen LogP contribution in [0.2, 0.25) is 0 Å². The Balaban J connectivity index is -0.000000333. The van der Waals surface area contributed by atoms with Crippen molar-refractivity contribution in [3.05, 3.63) is 0 Å². The Morgan fingerprint density at radius 1 is 0.696 bits per heavy atom. The van der Waals surface area contributed by atoms with Gasteiger partial charge >= 0.3 is 0 Å². The maximum absolute atomic E-state index is 10.3. The first-order valence-electron chi connectivity index (χ1n) is 4.56. The Kier molecular flexibility index (Phi) is 13.1. The van der Waals surface area contributed by atoms with Gasteiger partial charge in [-0.2, -0.15) is 0 Å². The molecule has 0 saturated carbocycles. The zero-order valence-electron chi connectivity index (χ0n) is 11.1. The van der Waals surface area contributed by atoms with Crippen molar-refractivity contribution in [3.8, 4) is 0 Å². The Labute approximate surface area is 144 Å². The van der Waals surface area contributed by atoms with Crippen LogP contribution in [0.25, 0.3) is 0 Å². The van der Waals surface area contributed by atoms with E-state index in [0.29, 0.717) is 14.2 Å². The second-order valence-corrected chi connectivity index (χ2v) is 11.0. The molecule has 14 nitrogen and oxygen atoms in total. The average molecular weight is 590 g/mol. The van der Waals surface area contributed by atoms with Gasteiger partial charge in [0.25, 0.3) is 0 Å². The van der Waals surface area contributed by atoms with Crippen LogP contribution in [0.15, 0.2) is 0 Å². The van der Waals surface area contributed by atoms with Gasteiger partial charge in [-0.05, 0) is 15.2 Å². The maximum atomic E-state index is 10.3. The number of aliphatic hydroxyl groups is 2. The summed E-state index contributed by atoms with van der Waals surface area (Å²) in [6, 6.07) is 0. The molecule has 0 aliphatic heterocycles. The van der Waals surface area contributed by atoms with Gasteiger partial charge < -0.3 is 66.9 Å². The number of hydrogen-bond acceptors (Lipinski definition) is 14. The van der Waals surface area contributed by atoms with Crippen LogP contribution in [0, 0.1) is 0 Å². The third-order valence-corrected chi connectivity index (χ3v) is 8.32. The van der Waals surface area contributed by atoms with Gasteiger partial charge in [0.15, 0.2) is 15.2 Å². The summed E-state index contributed by atoms with van der Waals surface area (Å²) >= 11 is 0. The molecule has 2 N–H and O–H groups in total. The molecule has 0 aromatic rings. The summed E-state index contributed by atoms with van der Waals surface area (Å²) in [7, 11) is -19.7. The Bertz CT molecular complexity index is 487. The van der Waals surface area contributed by atoms with Gasteiger partial charge in [0.05, 0.1) is 0 Å². The summed E-state index contributed by atoms with van der Waals surface area (Å²) in [5.74, 6) is 0. The zero-order valence-corrected chi connectivity index (χ0v) is 17.7.